The first kappa shape index (κ1) is 23.7. The minimum Gasteiger partial charge on any atom is -0.507 e. The molecule has 2 heterocycles. The van der Waals surface area contributed by atoms with Gasteiger partial charge in [-0.25, -0.2) is 0 Å². The van der Waals surface area contributed by atoms with E-state index in [4.69, 9.17) is 9.47 Å². The highest BCUT2D eigenvalue weighted by Crippen LogP contribution is 2.43. The van der Waals surface area contributed by atoms with Gasteiger partial charge >= 0.3 is 0 Å². The van der Waals surface area contributed by atoms with Crippen LogP contribution in [0.5, 0.6) is 11.5 Å². The second-order valence-corrected chi connectivity index (χ2v) is 9.71. The average molecular weight is 484 g/mol. The van der Waals surface area contributed by atoms with Gasteiger partial charge in [-0.05, 0) is 72.0 Å². The molecular formula is C30H29NO5. The largest absolute Gasteiger partial charge is 0.507 e. The van der Waals surface area contributed by atoms with Crippen molar-refractivity contribution >= 4 is 23.1 Å². The van der Waals surface area contributed by atoms with Gasteiger partial charge in [-0.2, -0.15) is 0 Å². The number of aryl methyl sites for hydroxylation is 1. The van der Waals surface area contributed by atoms with E-state index >= 15 is 0 Å². The number of aliphatic hydroxyl groups is 1. The third-order valence-electron chi connectivity index (χ3n) is 6.44. The van der Waals surface area contributed by atoms with E-state index in [9.17, 15) is 14.7 Å². The lowest BCUT2D eigenvalue weighted by Gasteiger charge is -2.26. The van der Waals surface area contributed by atoms with E-state index in [1.165, 1.54) is 4.90 Å². The zero-order valence-corrected chi connectivity index (χ0v) is 20.7. The third kappa shape index (κ3) is 4.35. The Bertz CT molecular complexity index is 1370. The van der Waals surface area contributed by atoms with Gasteiger partial charge in [0.25, 0.3) is 11.7 Å². The van der Waals surface area contributed by atoms with E-state index in [2.05, 4.69) is 13.8 Å². The Morgan fingerprint density at radius 3 is 2.67 bits per heavy atom. The van der Waals surface area contributed by atoms with Gasteiger partial charge in [-0.3, -0.25) is 14.5 Å². The van der Waals surface area contributed by atoms with Crippen LogP contribution in [-0.2, 0) is 16.0 Å². The molecule has 0 bridgehead atoms. The van der Waals surface area contributed by atoms with Crippen LogP contribution in [0, 0.1) is 12.8 Å². The highest BCUT2D eigenvalue weighted by molar-refractivity contribution is 6.51. The summed E-state index contributed by atoms with van der Waals surface area (Å²) in [6, 6.07) is 19.4. The topological polar surface area (TPSA) is 76.1 Å². The smallest absolute Gasteiger partial charge is 0.300 e. The molecule has 0 radical (unpaired) electrons. The Hall–Kier alpha value is -4.06. The van der Waals surface area contributed by atoms with Crippen LogP contribution < -0.4 is 14.4 Å². The van der Waals surface area contributed by atoms with Crippen LogP contribution in [0.1, 0.15) is 42.1 Å². The van der Waals surface area contributed by atoms with Crippen molar-refractivity contribution in [1.29, 1.82) is 0 Å². The number of ether oxygens (including phenoxy) is 2. The Kier molecular flexibility index (Phi) is 6.27. The van der Waals surface area contributed by atoms with Crippen LogP contribution in [-0.4, -0.2) is 30.0 Å². The number of amides is 1. The molecule has 36 heavy (non-hydrogen) atoms. The molecule has 1 saturated heterocycles. The van der Waals surface area contributed by atoms with Gasteiger partial charge < -0.3 is 14.6 Å². The molecule has 1 amide bonds. The van der Waals surface area contributed by atoms with Crippen molar-refractivity contribution in [3.05, 3.63) is 94.6 Å². The summed E-state index contributed by atoms with van der Waals surface area (Å²) >= 11 is 0. The van der Waals surface area contributed by atoms with E-state index in [1.54, 1.807) is 18.2 Å². The van der Waals surface area contributed by atoms with Gasteiger partial charge in [-0.15, -0.1) is 0 Å². The van der Waals surface area contributed by atoms with Gasteiger partial charge in [0.05, 0.1) is 24.8 Å². The van der Waals surface area contributed by atoms with Crippen molar-refractivity contribution < 1.29 is 24.2 Å². The van der Waals surface area contributed by atoms with Crippen LogP contribution in [0.3, 0.4) is 0 Å². The lowest BCUT2D eigenvalue weighted by atomic mass is 9.94. The Balaban J connectivity index is 1.66. The van der Waals surface area contributed by atoms with Crippen LogP contribution in [0.25, 0.3) is 5.76 Å². The lowest BCUT2D eigenvalue weighted by Crippen LogP contribution is -2.29. The lowest BCUT2D eigenvalue weighted by molar-refractivity contribution is -0.132. The van der Waals surface area contributed by atoms with Gasteiger partial charge in [0, 0.05) is 17.7 Å². The number of anilines is 1. The summed E-state index contributed by atoms with van der Waals surface area (Å²) < 4.78 is 11.5. The number of fused-ring (bicyclic) bond motifs is 1. The summed E-state index contributed by atoms with van der Waals surface area (Å²) in [6.07, 6.45) is 0.729. The number of nitrogens with zero attached hydrogens (tertiary/aromatic N) is 1. The molecule has 0 saturated carbocycles. The average Bonchev–Trinajstić information content (AvgIpc) is 3.44. The van der Waals surface area contributed by atoms with Gasteiger partial charge in [0.2, 0.25) is 0 Å². The van der Waals surface area contributed by atoms with Gasteiger partial charge in [0.1, 0.15) is 17.3 Å². The molecular weight excluding hydrogens is 454 g/mol. The fourth-order valence-electron chi connectivity index (χ4n) is 4.72. The second kappa shape index (κ2) is 9.53. The summed E-state index contributed by atoms with van der Waals surface area (Å²) in [6.45, 7) is 7.19. The molecule has 184 valence electrons. The minimum atomic E-state index is -0.807. The van der Waals surface area contributed by atoms with Crippen LogP contribution >= 0.6 is 0 Å². The maximum atomic E-state index is 13.4. The maximum absolute atomic E-state index is 13.4. The highest BCUT2D eigenvalue weighted by Gasteiger charge is 2.47. The predicted octanol–water partition coefficient (Wildman–Crippen LogP) is 5.59. The molecule has 1 atom stereocenters. The van der Waals surface area contributed by atoms with Crippen molar-refractivity contribution in [3.8, 4) is 11.5 Å². The van der Waals surface area contributed by atoms with Crippen molar-refractivity contribution in [2.45, 2.75) is 33.2 Å². The first-order valence-electron chi connectivity index (χ1n) is 12.2. The second-order valence-electron chi connectivity index (χ2n) is 9.71. The summed E-state index contributed by atoms with van der Waals surface area (Å²) in [5.41, 5.74) is 3.74. The molecule has 3 aromatic carbocycles. The molecule has 1 N–H and O–H groups in total. The standard InChI is InChI=1S/C30H29NO5/c1-18(2)17-36-24-9-5-7-21(16-24)27-26(28(32)22-10-11-25-20(15-22)12-13-35-25)29(33)30(34)31(27)23-8-4-6-19(3)14-23/h4-11,14-16,18,27,32H,12-13,17H2,1-3H3/b28-26-. The first-order chi connectivity index (χ1) is 17.3. The van der Waals surface area contributed by atoms with E-state index in [0.29, 0.717) is 41.7 Å². The number of hydrogen-bond acceptors (Lipinski definition) is 5. The van der Waals surface area contributed by atoms with Crippen LogP contribution in [0.4, 0.5) is 5.69 Å². The number of carbonyl (C=O) groups is 2. The summed E-state index contributed by atoms with van der Waals surface area (Å²) in [5.74, 6) is 0.172. The van der Waals surface area contributed by atoms with Crippen molar-refractivity contribution in [2.75, 3.05) is 18.1 Å². The Morgan fingerprint density at radius 1 is 1.08 bits per heavy atom. The maximum Gasteiger partial charge on any atom is 0.300 e. The number of aliphatic hydroxyl groups excluding tert-OH is 1. The number of Topliss-reactive ketones (excluding diaryl/α,β-unsaturated/α-hetero) is 1. The molecule has 2 aliphatic rings. The molecule has 5 rings (SSSR count). The summed E-state index contributed by atoms with van der Waals surface area (Å²) in [5, 5.41) is 11.4. The fraction of sp³-hybridized carbons (Fsp3) is 0.267. The third-order valence-corrected chi connectivity index (χ3v) is 6.44. The molecule has 0 aliphatic carbocycles. The molecule has 6 nitrogen and oxygen atoms in total. The predicted molar refractivity (Wildman–Crippen MR) is 138 cm³/mol. The van der Waals surface area contributed by atoms with E-state index in [1.807, 2.05) is 55.5 Å². The quantitative estimate of drug-likeness (QED) is 0.281. The first-order valence-corrected chi connectivity index (χ1v) is 12.2. The van der Waals surface area contributed by atoms with Crippen LogP contribution in [0.15, 0.2) is 72.3 Å². The number of carbonyl (C=O) groups excluding carboxylic acids is 2. The van der Waals surface area contributed by atoms with Gasteiger partial charge in [0.15, 0.2) is 0 Å². The zero-order chi connectivity index (χ0) is 25.4. The molecule has 6 heteroatoms. The van der Waals surface area contributed by atoms with Gasteiger partial charge in [-0.1, -0.05) is 38.1 Å². The SMILES string of the molecule is Cc1cccc(N2C(=O)C(=O)/C(=C(\O)c3ccc4c(c3)CCO4)C2c2cccc(OCC(C)C)c2)c1. The fourth-order valence-corrected chi connectivity index (χ4v) is 4.72. The van der Waals surface area contributed by atoms with E-state index in [0.717, 1.165) is 23.3 Å². The van der Waals surface area contributed by atoms with Crippen molar-refractivity contribution in [1.82, 2.24) is 0 Å². The highest BCUT2D eigenvalue weighted by atomic mass is 16.5. The molecule has 1 unspecified atom stereocenters. The van der Waals surface area contributed by atoms with Crippen molar-refractivity contribution in [3.63, 3.8) is 0 Å². The summed E-state index contributed by atoms with van der Waals surface area (Å²) in [7, 11) is 0. The number of hydrogen-bond donors (Lipinski definition) is 1. The number of ketones is 1. The Labute approximate surface area is 210 Å². The van der Waals surface area contributed by atoms with Crippen molar-refractivity contribution in [2.24, 2.45) is 5.92 Å². The molecule has 2 aliphatic heterocycles. The molecule has 3 aromatic rings. The number of benzene rings is 3. The molecule has 0 aromatic heterocycles. The minimum absolute atomic E-state index is 0.0568. The monoisotopic (exact) mass is 483 g/mol. The number of rotatable bonds is 6. The molecule has 0 spiro atoms. The summed E-state index contributed by atoms with van der Waals surface area (Å²) in [4.78, 5) is 28.3. The van der Waals surface area contributed by atoms with E-state index < -0.39 is 17.7 Å². The molecule has 1 fully saturated rings. The Morgan fingerprint density at radius 2 is 1.89 bits per heavy atom. The normalized spacial score (nSPS) is 18.4. The van der Waals surface area contributed by atoms with Crippen LogP contribution in [0.2, 0.25) is 0 Å². The zero-order valence-electron chi connectivity index (χ0n) is 20.7. The van der Waals surface area contributed by atoms with E-state index in [-0.39, 0.29) is 11.3 Å².